The number of carbonyl (C=O) groups is 3. The van der Waals surface area contributed by atoms with Crippen molar-refractivity contribution in [3.05, 3.63) is 12.2 Å². The second-order valence-electron chi connectivity index (χ2n) is 5.60. The van der Waals surface area contributed by atoms with Gasteiger partial charge in [-0.15, -0.1) is 0 Å². The van der Waals surface area contributed by atoms with E-state index in [-0.39, 0.29) is 6.03 Å². The molecule has 2 heterocycles. The fourth-order valence-electron chi connectivity index (χ4n) is 2.92. The molecule has 23 heavy (non-hydrogen) atoms. The van der Waals surface area contributed by atoms with E-state index in [4.69, 9.17) is 10.2 Å². The number of carboxylic acids is 2. The Hall–Kier alpha value is -2.09. The molecule has 2 unspecified atom stereocenters. The molecule has 8 heteroatoms. The van der Waals surface area contributed by atoms with E-state index >= 15 is 0 Å². The highest BCUT2D eigenvalue weighted by Gasteiger charge is 2.44. The van der Waals surface area contributed by atoms with Gasteiger partial charge in [0.15, 0.2) is 0 Å². The van der Waals surface area contributed by atoms with Crippen LogP contribution in [0.5, 0.6) is 0 Å². The number of fused-ring (bicyclic) bond motifs is 2. The van der Waals surface area contributed by atoms with E-state index in [9.17, 15) is 14.4 Å². The molecule has 2 rings (SSSR count). The Kier molecular flexibility index (Phi) is 7.02. The van der Waals surface area contributed by atoms with Crippen molar-refractivity contribution >= 4 is 18.0 Å². The molecule has 0 radical (unpaired) electrons. The van der Waals surface area contributed by atoms with Crippen LogP contribution in [0, 0.1) is 0 Å². The molecule has 2 N–H and O–H groups in total. The van der Waals surface area contributed by atoms with Crippen molar-refractivity contribution < 1.29 is 24.6 Å². The van der Waals surface area contributed by atoms with E-state index in [0.717, 1.165) is 26.2 Å². The van der Waals surface area contributed by atoms with Crippen LogP contribution < -0.4 is 0 Å². The first-order valence-corrected chi connectivity index (χ1v) is 7.69. The number of hydrogen-bond donors (Lipinski definition) is 2. The Morgan fingerprint density at radius 3 is 1.87 bits per heavy atom. The molecule has 0 aliphatic carbocycles. The summed E-state index contributed by atoms with van der Waals surface area (Å²) in [5.74, 6) is -2.51. The summed E-state index contributed by atoms with van der Waals surface area (Å²) in [4.78, 5) is 37.6. The van der Waals surface area contributed by atoms with Crippen LogP contribution in [0.4, 0.5) is 4.79 Å². The number of piperazine rings is 1. The van der Waals surface area contributed by atoms with E-state index in [0.29, 0.717) is 24.2 Å². The van der Waals surface area contributed by atoms with E-state index in [2.05, 4.69) is 16.8 Å². The third-order valence-electron chi connectivity index (χ3n) is 4.16. The third-order valence-corrected chi connectivity index (χ3v) is 4.16. The number of urea groups is 1. The second kappa shape index (κ2) is 8.52. The lowest BCUT2D eigenvalue weighted by Crippen LogP contribution is -2.52. The van der Waals surface area contributed by atoms with E-state index in [1.807, 2.05) is 18.7 Å². The number of hydrogen-bond acceptors (Lipinski definition) is 4. The number of likely N-dealkylation sites (N-methyl/N-ethyl adjacent to an activating group) is 1. The minimum Gasteiger partial charge on any atom is -0.478 e. The second-order valence-corrected chi connectivity index (χ2v) is 5.60. The molecule has 2 amide bonds. The van der Waals surface area contributed by atoms with Crippen molar-refractivity contribution in [2.45, 2.75) is 32.4 Å². The molecule has 2 atom stereocenters. The predicted octanol–water partition coefficient (Wildman–Crippen LogP) is 0.548. The molecule has 0 aromatic heterocycles. The van der Waals surface area contributed by atoms with Crippen molar-refractivity contribution in [1.29, 1.82) is 0 Å². The summed E-state index contributed by atoms with van der Waals surface area (Å²) in [5, 5.41) is 15.6. The van der Waals surface area contributed by atoms with E-state index in [1.165, 1.54) is 6.42 Å². The molecule has 0 spiro atoms. The first-order valence-electron chi connectivity index (χ1n) is 7.69. The van der Waals surface area contributed by atoms with Gasteiger partial charge in [0.1, 0.15) is 0 Å². The maximum Gasteiger partial charge on any atom is 0.328 e. The van der Waals surface area contributed by atoms with Crippen LogP contribution in [0.15, 0.2) is 12.2 Å². The molecule has 8 nitrogen and oxygen atoms in total. The molecule has 0 saturated carbocycles. The summed E-state index contributed by atoms with van der Waals surface area (Å²) < 4.78 is 0. The zero-order chi connectivity index (χ0) is 17.6. The maximum atomic E-state index is 12.1. The number of likely N-dealkylation sites (tertiary alicyclic amines) is 2. The van der Waals surface area contributed by atoms with Gasteiger partial charge >= 0.3 is 18.0 Å². The Bertz CT molecular complexity index is 458. The minimum atomic E-state index is -1.26. The van der Waals surface area contributed by atoms with Crippen LogP contribution >= 0.6 is 0 Å². The maximum absolute atomic E-state index is 12.1. The average Bonchev–Trinajstić information content (AvgIpc) is 3.06. The molecule has 130 valence electrons. The van der Waals surface area contributed by atoms with Gasteiger partial charge in [0, 0.05) is 50.4 Å². The fraction of sp³-hybridized carbons (Fsp3) is 0.667. The smallest absolute Gasteiger partial charge is 0.328 e. The van der Waals surface area contributed by atoms with Crippen molar-refractivity contribution in [2.24, 2.45) is 0 Å². The van der Waals surface area contributed by atoms with Crippen LogP contribution in [0.3, 0.4) is 0 Å². The zero-order valence-corrected chi connectivity index (χ0v) is 13.8. The SMILES string of the molecule is CCN(CC)C(=O)N1CC2CC1CN2C.O=C(O)C=CC(=O)O. The van der Waals surface area contributed by atoms with Crippen molar-refractivity contribution in [1.82, 2.24) is 14.7 Å². The Labute approximate surface area is 136 Å². The summed E-state index contributed by atoms with van der Waals surface area (Å²) in [6.45, 7) is 7.70. The predicted molar refractivity (Wildman–Crippen MR) is 84.3 cm³/mol. The van der Waals surface area contributed by atoms with Crippen LogP contribution in [-0.2, 0) is 9.59 Å². The summed E-state index contributed by atoms with van der Waals surface area (Å²) in [7, 11) is 2.16. The van der Waals surface area contributed by atoms with Gasteiger partial charge in [-0.25, -0.2) is 14.4 Å². The van der Waals surface area contributed by atoms with Gasteiger partial charge in [-0.3, -0.25) is 4.90 Å². The monoisotopic (exact) mass is 327 g/mol. The summed E-state index contributed by atoms with van der Waals surface area (Å²) in [6.07, 6.45) is 2.29. The van der Waals surface area contributed by atoms with E-state index < -0.39 is 11.9 Å². The first-order chi connectivity index (χ1) is 10.8. The quantitative estimate of drug-likeness (QED) is 0.731. The van der Waals surface area contributed by atoms with Gasteiger partial charge in [0.05, 0.1) is 0 Å². The Morgan fingerprint density at radius 1 is 1.04 bits per heavy atom. The topological polar surface area (TPSA) is 101 Å². The highest BCUT2D eigenvalue weighted by Crippen LogP contribution is 2.29. The molecule has 2 saturated heterocycles. The summed E-state index contributed by atoms with van der Waals surface area (Å²) in [6, 6.07) is 1.31. The lowest BCUT2D eigenvalue weighted by Gasteiger charge is -2.35. The number of carbonyl (C=O) groups excluding carboxylic acids is 1. The number of rotatable bonds is 4. The standard InChI is InChI=1S/C11H21N3O.C4H4O4/c1-4-13(5-2)11(15)14-8-9-6-10(14)7-12(9)3;5-3(6)1-2-4(7)8/h9-10H,4-8H2,1-3H3;1-2H,(H,5,6)(H,7,8). The molecular formula is C15H25N3O5. The molecule has 2 fully saturated rings. The number of amides is 2. The minimum absolute atomic E-state index is 0.237. The van der Waals surface area contributed by atoms with Crippen LogP contribution in [0.25, 0.3) is 0 Å². The fourth-order valence-corrected chi connectivity index (χ4v) is 2.92. The van der Waals surface area contributed by atoms with Gasteiger partial charge in [0.2, 0.25) is 0 Å². The number of aliphatic carboxylic acids is 2. The van der Waals surface area contributed by atoms with Crippen LogP contribution in [0.1, 0.15) is 20.3 Å². The van der Waals surface area contributed by atoms with Crippen molar-refractivity contribution in [3.63, 3.8) is 0 Å². The van der Waals surface area contributed by atoms with Gasteiger partial charge in [-0.05, 0) is 27.3 Å². The van der Waals surface area contributed by atoms with Gasteiger partial charge in [0.25, 0.3) is 0 Å². The van der Waals surface area contributed by atoms with Gasteiger partial charge in [-0.2, -0.15) is 0 Å². The summed E-state index contributed by atoms with van der Waals surface area (Å²) >= 11 is 0. The summed E-state index contributed by atoms with van der Waals surface area (Å²) in [5.41, 5.74) is 0. The van der Waals surface area contributed by atoms with Crippen molar-refractivity contribution in [3.8, 4) is 0 Å². The molecule has 0 aromatic carbocycles. The normalized spacial score (nSPS) is 22.8. The van der Waals surface area contributed by atoms with Gasteiger partial charge in [-0.1, -0.05) is 0 Å². The van der Waals surface area contributed by atoms with Crippen LogP contribution in [-0.4, -0.2) is 88.2 Å². The van der Waals surface area contributed by atoms with Gasteiger partial charge < -0.3 is 20.0 Å². The lowest BCUT2D eigenvalue weighted by atomic mass is 10.2. The Morgan fingerprint density at radius 2 is 1.57 bits per heavy atom. The molecular weight excluding hydrogens is 302 g/mol. The highest BCUT2D eigenvalue weighted by molar-refractivity contribution is 5.89. The van der Waals surface area contributed by atoms with E-state index in [1.54, 1.807) is 0 Å². The number of carboxylic acid groups (broad SMARTS) is 2. The zero-order valence-electron chi connectivity index (χ0n) is 13.8. The number of nitrogens with zero attached hydrogens (tertiary/aromatic N) is 3. The molecule has 2 aliphatic rings. The molecule has 0 aromatic rings. The van der Waals surface area contributed by atoms with Crippen LogP contribution in [0.2, 0.25) is 0 Å². The Balaban J connectivity index is 0.000000284. The lowest BCUT2D eigenvalue weighted by molar-refractivity contribution is -0.134. The first kappa shape index (κ1) is 19.0. The average molecular weight is 327 g/mol. The van der Waals surface area contributed by atoms with Crippen molar-refractivity contribution in [2.75, 3.05) is 33.2 Å². The third kappa shape index (κ3) is 5.24. The highest BCUT2D eigenvalue weighted by atomic mass is 16.4. The molecule has 2 bridgehead atoms. The molecule has 2 aliphatic heterocycles. The largest absolute Gasteiger partial charge is 0.478 e.